The number of carbonyl (C=O) groups excluding carboxylic acids is 2. The Labute approximate surface area is 134 Å². The predicted molar refractivity (Wildman–Crippen MR) is 91.0 cm³/mol. The molecule has 22 heavy (non-hydrogen) atoms. The van der Waals surface area contributed by atoms with Crippen LogP contribution in [0.4, 0.5) is 5.69 Å². The molecule has 0 atom stereocenters. The summed E-state index contributed by atoms with van der Waals surface area (Å²) in [6.07, 6.45) is 3.41. The smallest absolute Gasteiger partial charge is 0.224 e. The lowest BCUT2D eigenvalue weighted by Crippen LogP contribution is -2.35. The molecule has 1 rings (SSSR count). The summed E-state index contributed by atoms with van der Waals surface area (Å²) < 4.78 is 0. The van der Waals surface area contributed by atoms with Crippen LogP contribution < -0.4 is 4.90 Å². The molecule has 0 radical (unpaired) electrons. The van der Waals surface area contributed by atoms with Gasteiger partial charge in [0, 0.05) is 39.2 Å². The maximum atomic E-state index is 12.1. The maximum absolute atomic E-state index is 12.1. The second-order valence-electron chi connectivity index (χ2n) is 5.61. The van der Waals surface area contributed by atoms with E-state index in [-0.39, 0.29) is 11.8 Å². The quantitative estimate of drug-likeness (QED) is 0.739. The van der Waals surface area contributed by atoms with Crippen molar-refractivity contribution < 1.29 is 9.59 Å². The molecule has 0 unspecified atom stereocenters. The number of carbonyl (C=O) groups is 2. The molecule has 0 fully saturated rings. The fourth-order valence-electron chi connectivity index (χ4n) is 2.30. The molecule has 0 heterocycles. The number of hydrogen-bond donors (Lipinski definition) is 0. The van der Waals surface area contributed by atoms with Crippen LogP contribution in [0.3, 0.4) is 0 Å². The largest absolute Gasteiger partial charge is 0.346 e. The Morgan fingerprint density at radius 1 is 1.05 bits per heavy atom. The van der Waals surface area contributed by atoms with Crippen LogP contribution in [0.1, 0.15) is 45.6 Å². The minimum atomic E-state index is -0.0340. The molecule has 0 aromatic heterocycles. The van der Waals surface area contributed by atoms with Crippen LogP contribution in [0.25, 0.3) is 0 Å². The highest BCUT2D eigenvalue weighted by Gasteiger charge is 2.15. The van der Waals surface area contributed by atoms with Crippen LogP contribution in [0, 0.1) is 0 Å². The van der Waals surface area contributed by atoms with Gasteiger partial charge in [-0.25, -0.2) is 0 Å². The summed E-state index contributed by atoms with van der Waals surface area (Å²) in [5.41, 5.74) is 2.09. The SMILES string of the molecule is CCCCN(C)C(=O)CCN(C(C)=O)c1ccc(CC)cc1. The third-order valence-corrected chi connectivity index (χ3v) is 3.86. The van der Waals surface area contributed by atoms with Gasteiger partial charge in [-0.1, -0.05) is 32.4 Å². The van der Waals surface area contributed by atoms with Crippen molar-refractivity contribution in [3.8, 4) is 0 Å². The Morgan fingerprint density at radius 2 is 1.68 bits per heavy atom. The molecule has 2 amide bonds. The number of hydrogen-bond acceptors (Lipinski definition) is 2. The van der Waals surface area contributed by atoms with Gasteiger partial charge in [0.15, 0.2) is 0 Å². The molecule has 0 N–H and O–H groups in total. The molecule has 122 valence electrons. The van der Waals surface area contributed by atoms with Gasteiger partial charge < -0.3 is 9.80 Å². The predicted octanol–water partition coefficient (Wildman–Crippen LogP) is 3.25. The van der Waals surface area contributed by atoms with Gasteiger partial charge >= 0.3 is 0 Å². The molecule has 0 aliphatic rings. The number of unbranched alkanes of at least 4 members (excludes halogenated alkanes) is 1. The van der Waals surface area contributed by atoms with E-state index in [9.17, 15) is 9.59 Å². The topological polar surface area (TPSA) is 40.6 Å². The van der Waals surface area contributed by atoms with Gasteiger partial charge in [-0.3, -0.25) is 9.59 Å². The fraction of sp³-hybridized carbons (Fsp3) is 0.556. The van der Waals surface area contributed by atoms with E-state index in [0.29, 0.717) is 13.0 Å². The Morgan fingerprint density at radius 3 is 2.18 bits per heavy atom. The summed E-state index contributed by atoms with van der Waals surface area (Å²) in [5.74, 6) is 0.0538. The third kappa shape index (κ3) is 5.51. The number of aryl methyl sites for hydroxylation is 1. The monoisotopic (exact) mass is 304 g/mol. The van der Waals surface area contributed by atoms with Gasteiger partial charge in [0.1, 0.15) is 0 Å². The summed E-state index contributed by atoms with van der Waals surface area (Å²) in [5, 5.41) is 0. The van der Waals surface area contributed by atoms with Crippen molar-refractivity contribution in [3.63, 3.8) is 0 Å². The normalized spacial score (nSPS) is 10.4. The highest BCUT2D eigenvalue weighted by molar-refractivity contribution is 5.92. The lowest BCUT2D eigenvalue weighted by atomic mass is 10.1. The summed E-state index contributed by atoms with van der Waals surface area (Å²) in [6, 6.07) is 7.96. The summed E-state index contributed by atoms with van der Waals surface area (Å²) in [6.45, 7) is 6.95. The molecule has 0 saturated carbocycles. The lowest BCUT2D eigenvalue weighted by Gasteiger charge is -2.23. The molecular weight excluding hydrogens is 276 g/mol. The molecule has 0 saturated heterocycles. The van der Waals surface area contributed by atoms with E-state index >= 15 is 0 Å². The summed E-state index contributed by atoms with van der Waals surface area (Å²) >= 11 is 0. The van der Waals surface area contributed by atoms with Crippen molar-refractivity contribution in [3.05, 3.63) is 29.8 Å². The minimum Gasteiger partial charge on any atom is -0.346 e. The van der Waals surface area contributed by atoms with Crippen molar-refractivity contribution in [1.29, 1.82) is 0 Å². The van der Waals surface area contributed by atoms with Gasteiger partial charge in [0.25, 0.3) is 0 Å². The zero-order chi connectivity index (χ0) is 16.5. The maximum Gasteiger partial charge on any atom is 0.224 e. The molecule has 0 spiro atoms. The van der Waals surface area contributed by atoms with Crippen molar-refractivity contribution in [1.82, 2.24) is 4.90 Å². The number of anilines is 1. The van der Waals surface area contributed by atoms with Crippen LogP contribution in [-0.2, 0) is 16.0 Å². The minimum absolute atomic E-state index is 0.0340. The molecule has 0 bridgehead atoms. The van der Waals surface area contributed by atoms with Crippen molar-refractivity contribution >= 4 is 17.5 Å². The average Bonchev–Trinajstić information content (AvgIpc) is 2.52. The van der Waals surface area contributed by atoms with E-state index < -0.39 is 0 Å². The number of rotatable bonds is 8. The Balaban J connectivity index is 2.64. The van der Waals surface area contributed by atoms with E-state index in [4.69, 9.17) is 0 Å². The van der Waals surface area contributed by atoms with Gasteiger partial charge in [-0.05, 0) is 30.5 Å². The van der Waals surface area contributed by atoms with E-state index in [1.54, 1.807) is 16.7 Å². The first-order chi connectivity index (χ1) is 10.5. The second-order valence-corrected chi connectivity index (χ2v) is 5.61. The third-order valence-electron chi connectivity index (χ3n) is 3.86. The zero-order valence-electron chi connectivity index (χ0n) is 14.3. The standard InChI is InChI=1S/C18H28N2O2/c1-5-7-13-19(4)18(22)12-14-20(15(3)21)17-10-8-16(6-2)9-11-17/h8-11H,5-7,12-14H2,1-4H3. The first-order valence-electron chi connectivity index (χ1n) is 8.10. The Bertz CT molecular complexity index is 482. The van der Waals surface area contributed by atoms with Crippen LogP contribution in [0.2, 0.25) is 0 Å². The van der Waals surface area contributed by atoms with E-state index in [1.165, 1.54) is 5.56 Å². The second kappa shape index (κ2) is 9.23. The average molecular weight is 304 g/mol. The summed E-state index contributed by atoms with van der Waals surface area (Å²) in [4.78, 5) is 27.4. The molecule has 0 aliphatic heterocycles. The first kappa shape index (κ1) is 18.2. The van der Waals surface area contributed by atoms with Crippen LogP contribution in [0.15, 0.2) is 24.3 Å². The zero-order valence-corrected chi connectivity index (χ0v) is 14.3. The van der Waals surface area contributed by atoms with Crippen molar-refractivity contribution in [2.75, 3.05) is 25.0 Å². The summed E-state index contributed by atoms with van der Waals surface area (Å²) in [7, 11) is 1.83. The number of nitrogens with zero attached hydrogens (tertiary/aromatic N) is 2. The van der Waals surface area contributed by atoms with Crippen molar-refractivity contribution in [2.45, 2.75) is 46.5 Å². The molecular formula is C18H28N2O2. The molecule has 0 aliphatic carbocycles. The van der Waals surface area contributed by atoms with Gasteiger partial charge in [-0.15, -0.1) is 0 Å². The molecule has 1 aromatic carbocycles. The van der Waals surface area contributed by atoms with Crippen LogP contribution in [-0.4, -0.2) is 36.9 Å². The number of amides is 2. The Hall–Kier alpha value is -1.84. The van der Waals surface area contributed by atoms with Crippen LogP contribution >= 0.6 is 0 Å². The van der Waals surface area contributed by atoms with E-state index in [2.05, 4.69) is 13.8 Å². The van der Waals surface area contributed by atoms with E-state index in [1.807, 2.05) is 31.3 Å². The van der Waals surface area contributed by atoms with Gasteiger partial charge in [-0.2, -0.15) is 0 Å². The molecule has 1 aromatic rings. The van der Waals surface area contributed by atoms with Crippen molar-refractivity contribution in [2.24, 2.45) is 0 Å². The van der Waals surface area contributed by atoms with E-state index in [0.717, 1.165) is 31.5 Å². The molecule has 4 heteroatoms. The fourth-order valence-corrected chi connectivity index (χ4v) is 2.30. The highest BCUT2D eigenvalue weighted by Crippen LogP contribution is 2.16. The van der Waals surface area contributed by atoms with Gasteiger partial charge in [0.05, 0.1) is 0 Å². The van der Waals surface area contributed by atoms with Crippen LogP contribution in [0.5, 0.6) is 0 Å². The van der Waals surface area contributed by atoms with Gasteiger partial charge in [0.2, 0.25) is 11.8 Å². The lowest BCUT2D eigenvalue weighted by molar-refractivity contribution is -0.129. The highest BCUT2D eigenvalue weighted by atomic mass is 16.2. The number of benzene rings is 1. The molecule has 4 nitrogen and oxygen atoms in total. The Kier molecular flexibility index (Phi) is 7.64. The first-order valence-corrected chi connectivity index (χ1v) is 8.10.